The number of benzene rings is 2. The van der Waals surface area contributed by atoms with E-state index in [1.54, 1.807) is 0 Å². The highest BCUT2D eigenvalue weighted by atomic mass is 16.2. The fourth-order valence-electron chi connectivity index (χ4n) is 6.95. The lowest BCUT2D eigenvalue weighted by Gasteiger charge is -2.38. The monoisotopic (exact) mass is 541 g/mol. The van der Waals surface area contributed by atoms with Gasteiger partial charge in [-0.1, -0.05) is 36.2 Å². The third-order valence-electron chi connectivity index (χ3n) is 9.26. The zero-order valence-electron chi connectivity index (χ0n) is 23.9. The number of hydrogen-bond donors (Lipinski definition) is 1. The molecule has 0 aromatic heterocycles. The van der Waals surface area contributed by atoms with Crippen LogP contribution in [0, 0.1) is 12.8 Å². The van der Waals surface area contributed by atoms with E-state index in [1.165, 1.54) is 49.2 Å². The van der Waals surface area contributed by atoms with Crippen LogP contribution in [0.15, 0.2) is 47.5 Å². The highest BCUT2D eigenvalue weighted by Gasteiger charge is 2.37. The van der Waals surface area contributed by atoms with Gasteiger partial charge in [0.05, 0.1) is 0 Å². The lowest BCUT2D eigenvalue weighted by atomic mass is 9.84. The fraction of sp³-hybridized carbons (Fsp3) is 0.545. The van der Waals surface area contributed by atoms with Crippen molar-refractivity contribution in [2.45, 2.75) is 70.9 Å². The third-order valence-corrected chi connectivity index (χ3v) is 9.26. The Hall–Kier alpha value is -3.03. The summed E-state index contributed by atoms with van der Waals surface area (Å²) in [4.78, 5) is 38.2. The van der Waals surface area contributed by atoms with Gasteiger partial charge in [-0.05, 0) is 87.9 Å². The number of anilines is 1. The van der Waals surface area contributed by atoms with E-state index in [0.717, 1.165) is 69.8 Å². The van der Waals surface area contributed by atoms with Crippen molar-refractivity contribution in [2.75, 3.05) is 44.2 Å². The van der Waals surface area contributed by atoms with E-state index in [4.69, 9.17) is 4.99 Å². The summed E-state index contributed by atoms with van der Waals surface area (Å²) in [7, 11) is 0. The zero-order chi connectivity index (χ0) is 27.5. The van der Waals surface area contributed by atoms with E-state index in [9.17, 15) is 9.59 Å². The molecule has 7 heteroatoms. The number of piperidine rings is 1. The first-order valence-electron chi connectivity index (χ1n) is 15.4. The summed E-state index contributed by atoms with van der Waals surface area (Å²) >= 11 is 0. The molecule has 0 atom stereocenters. The summed E-state index contributed by atoms with van der Waals surface area (Å²) in [6.07, 6.45) is 8.25. The Morgan fingerprint density at radius 3 is 2.35 bits per heavy atom. The second-order valence-electron chi connectivity index (χ2n) is 12.1. The molecule has 0 unspecified atom stereocenters. The fourth-order valence-corrected chi connectivity index (χ4v) is 6.95. The SMILES string of the molecule is Cc1ccc(C(=O)N=C2Cc3ccc(CN4CCCCC4)cc3N2C2CCC(C(=O)N3CCNCC3)CC2)cc1. The summed E-state index contributed by atoms with van der Waals surface area (Å²) in [5.41, 5.74) is 5.55. The Morgan fingerprint density at radius 2 is 1.62 bits per heavy atom. The Balaban J connectivity index is 1.23. The van der Waals surface area contributed by atoms with Crippen LogP contribution in [0.2, 0.25) is 0 Å². The topological polar surface area (TPSA) is 68.2 Å². The minimum Gasteiger partial charge on any atom is -0.340 e. The van der Waals surface area contributed by atoms with E-state index < -0.39 is 0 Å². The van der Waals surface area contributed by atoms with Crippen LogP contribution in [0.4, 0.5) is 5.69 Å². The Bertz CT molecular complexity index is 1240. The third kappa shape index (κ3) is 6.01. The van der Waals surface area contributed by atoms with E-state index in [0.29, 0.717) is 17.9 Å². The minimum atomic E-state index is -0.177. The first-order chi connectivity index (χ1) is 19.5. The largest absolute Gasteiger partial charge is 0.340 e. The number of aryl methyl sites for hydroxylation is 1. The molecule has 3 fully saturated rings. The van der Waals surface area contributed by atoms with Gasteiger partial charge in [0.2, 0.25) is 5.91 Å². The Labute approximate surface area is 238 Å². The van der Waals surface area contributed by atoms with Gasteiger partial charge in [0.1, 0.15) is 5.84 Å². The first kappa shape index (κ1) is 27.2. The van der Waals surface area contributed by atoms with Crippen LogP contribution in [0.3, 0.4) is 0 Å². The zero-order valence-corrected chi connectivity index (χ0v) is 23.9. The summed E-state index contributed by atoms with van der Waals surface area (Å²) in [6, 6.07) is 14.8. The minimum absolute atomic E-state index is 0.108. The van der Waals surface area contributed by atoms with Gasteiger partial charge in [-0.25, -0.2) is 0 Å². The number of carbonyl (C=O) groups excluding carboxylic acids is 2. The van der Waals surface area contributed by atoms with Gasteiger partial charge in [0.25, 0.3) is 5.91 Å². The van der Waals surface area contributed by atoms with E-state index in [-0.39, 0.29) is 17.9 Å². The quantitative estimate of drug-likeness (QED) is 0.601. The van der Waals surface area contributed by atoms with Crippen LogP contribution in [0.1, 0.15) is 72.0 Å². The van der Waals surface area contributed by atoms with Gasteiger partial charge in [-0.15, -0.1) is 0 Å². The van der Waals surface area contributed by atoms with Crippen molar-refractivity contribution in [3.05, 3.63) is 64.7 Å². The number of hydrogen-bond acceptors (Lipinski definition) is 4. The maximum atomic E-state index is 13.3. The van der Waals surface area contributed by atoms with Gasteiger partial charge in [-0.2, -0.15) is 4.99 Å². The lowest BCUT2D eigenvalue weighted by Crippen LogP contribution is -2.49. The van der Waals surface area contributed by atoms with Crippen molar-refractivity contribution >= 4 is 23.3 Å². The highest BCUT2D eigenvalue weighted by molar-refractivity contribution is 6.12. The van der Waals surface area contributed by atoms with Crippen LogP contribution in [0.5, 0.6) is 0 Å². The highest BCUT2D eigenvalue weighted by Crippen LogP contribution is 2.38. The maximum absolute atomic E-state index is 13.3. The molecule has 3 heterocycles. The molecule has 0 spiro atoms. The lowest BCUT2D eigenvalue weighted by molar-refractivity contribution is -0.137. The van der Waals surface area contributed by atoms with Crippen molar-refractivity contribution in [3.8, 4) is 0 Å². The molecule has 2 aromatic rings. The number of carbonyl (C=O) groups is 2. The van der Waals surface area contributed by atoms with Gasteiger partial charge in [-0.3, -0.25) is 14.5 Å². The number of piperazine rings is 1. The van der Waals surface area contributed by atoms with Gasteiger partial charge >= 0.3 is 0 Å². The summed E-state index contributed by atoms with van der Waals surface area (Å²) in [5, 5.41) is 3.35. The molecule has 1 aliphatic carbocycles. The molecule has 2 amide bonds. The molecule has 6 rings (SSSR count). The average molecular weight is 542 g/mol. The van der Waals surface area contributed by atoms with E-state index in [1.807, 2.05) is 36.1 Å². The Morgan fingerprint density at radius 1 is 0.900 bits per heavy atom. The summed E-state index contributed by atoms with van der Waals surface area (Å²) < 4.78 is 0. The number of rotatable bonds is 5. The number of nitrogens with one attached hydrogen (secondary N) is 1. The predicted molar refractivity (Wildman–Crippen MR) is 160 cm³/mol. The molecule has 4 aliphatic rings. The number of nitrogens with zero attached hydrogens (tertiary/aromatic N) is 4. The van der Waals surface area contributed by atoms with Crippen molar-refractivity contribution in [3.63, 3.8) is 0 Å². The van der Waals surface area contributed by atoms with Crippen molar-refractivity contribution in [1.82, 2.24) is 15.1 Å². The number of amidine groups is 1. The van der Waals surface area contributed by atoms with Crippen molar-refractivity contribution < 1.29 is 9.59 Å². The van der Waals surface area contributed by atoms with Crippen LogP contribution in [-0.4, -0.2) is 72.8 Å². The average Bonchev–Trinajstić information content (AvgIpc) is 3.35. The summed E-state index contributed by atoms with van der Waals surface area (Å²) in [6.45, 7) is 8.75. The molecule has 0 bridgehead atoms. The molecule has 212 valence electrons. The number of likely N-dealkylation sites (tertiary alicyclic amines) is 1. The second-order valence-corrected chi connectivity index (χ2v) is 12.1. The summed E-state index contributed by atoms with van der Waals surface area (Å²) in [5.74, 6) is 1.11. The molecule has 7 nitrogen and oxygen atoms in total. The normalized spacial score (nSPS) is 24.8. The van der Waals surface area contributed by atoms with Crippen LogP contribution in [-0.2, 0) is 17.8 Å². The van der Waals surface area contributed by atoms with E-state index in [2.05, 4.69) is 33.3 Å². The molecule has 2 saturated heterocycles. The second kappa shape index (κ2) is 12.2. The van der Waals surface area contributed by atoms with Crippen molar-refractivity contribution in [2.24, 2.45) is 10.9 Å². The smallest absolute Gasteiger partial charge is 0.278 e. The molecule has 3 aliphatic heterocycles. The van der Waals surface area contributed by atoms with E-state index >= 15 is 0 Å². The van der Waals surface area contributed by atoms with Gasteiger partial charge < -0.3 is 15.1 Å². The predicted octanol–water partition coefficient (Wildman–Crippen LogP) is 4.57. The molecule has 1 saturated carbocycles. The van der Waals surface area contributed by atoms with Gasteiger partial charge in [0.15, 0.2) is 0 Å². The number of amides is 2. The Kier molecular flexibility index (Phi) is 8.30. The van der Waals surface area contributed by atoms with Gasteiger partial charge in [0, 0.05) is 62.4 Å². The molecule has 2 aromatic carbocycles. The number of fused-ring (bicyclic) bond motifs is 1. The molecular weight excluding hydrogens is 498 g/mol. The molecule has 1 N–H and O–H groups in total. The number of aliphatic imine (C=N–C) groups is 1. The standard InChI is InChI=1S/C33H43N5O2/c1-24-5-8-26(9-6-24)32(39)35-31-22-28-10-7-25(23-36-17-3-2-4-18-36)21-30(28)38(31)29-13-11-27(12-14-29)33(40)37-19-15-34-16-20-37/h5-10,21,27,29,34H,2-4,11-20,22-23H2,1H3. The van der Waals surface area contributed by atoms with Crippen LogP contribution < -0.4 is 10.2 Å². The molecular formula is C33H43N5O2. The molecule has 40 heavy (non-hydrogen) atoms. The maximum Gasteiger partial charge on any atom is 0.278 e. The van der Waals surface area contributed by atoms with Crippen molar-refractivity contribution in [1.29, 1.82) is 0 Å². The first-order valence-corrected chi connectivity index (χ1v) is 15.4. The van der Waals surface area contributed by atoms with Crippen LogP contribution >= 0.6 is 0 Å². The molecule has 0 radical (unpaired) electrons. The van der Waals surface area contributed by atoms with Crippen LogP contribution in [0.25, 0.3) is 0 Å².